The molecule has 0 aliphatic carbocycles. The Kier molecular flexibility index (Phi) is 3.30. The van der Waals surface area contributed by atoms with Crippen LogP contribution in [0.2, 0.25) is 0 Å². The maximum atomic E-state index is 11.9. The number of carbonyl (C=O) groups is 1. The second kappa shape index (κ2) is 4.61. The van der Waals surface area contributed by atoms with E-state index in [4.69, 9.17) is 10.5 Å². The molecule has 2 rings (SSSR count). The van der Waals surface area contributed by atoms with Gasteiger partial charge in [-0.05, 0) is 20.8 Å². The molecule has 18 heavy (non-hydrogen) atoms. The van der Waals surface area contributed by atoms with Crippen molar-refractivity contribution in [3.05, 3.63) is 17.7 Å². The minimum Gasteiger partial charge on any atom is -0.444 e. The number of imidazole rings is 1. The van der Waals surface area contributed by atoms with E-state index in [1.807, 2.05) is 20.8 Å². The van der Waals surface area contributed by atoms with E-state index < -0.39 is 5.60 Å². The van der Waals surface area contributed by atoms with Crippen molar-refractivity contribution < 1.29 is 9.53 Å². The molecule has 0 aromatic carbocycles. The molecular formula is C12H20N4O2. The number of amides is 1. The van der Waals surface area contributed by atoms with Gasteiger partial charge in [-0.25, -0.2) is 9.78 Å². The third-order valence-electron chi connectivity index (χ3n) is 2.81. The van der Waals surface area contributed by atoms with Gasteiger partial charge >= 0.3 is 6.09 Å². The molecule has 0 spiro atoms. The fourth-order valence-corrected chi connectivity index (χ4v) is 1.97. The molecular weight excluding hydrogens is 232 g/mol. The van der Waals surface area contributed by atoms with Gasteiger partial charge in [-0.3, -0.25) is 4.90 Å². The van der Waals surface area contributed by atoms with Crippen LogP contribution in [0.3, 0.4) is 0 Å². The van der Waals surface area contributed by atoms with Crippen molar-refractivity contribution in [2.45, 2.75) is 46.0 Å². The fraction of sp³-hybridized carbons (Fsp3) is 0.667. The van der Waals surface area contributed by atoms with Crippen LogP contribution in [-0.2, 0) is 24.4 Å². The summed E-state index contributed by atoms with van der Waals surface area (Å²) >= 11 is 0. The second-order valence-electron chi connectivity index (χ2n) is 5.42. The SMILES string of the molecule is CC(C)(C)OC(=O)N1CCn2c(CN)cnc2C1. The number of hydrogen-bond acceptors (Lipinski definition) is 4. The minimum atomic E-state index is -0.466. The van der Waals surface area contributed by atoms with Crippen molar-refractivity contribution in [3.8, 4) is 0 Å². The number of nitrogens with zero attached hydrogens (tertiary/aromatic N) is 3. The number of rotatable bonds is 1. The monoisotopic (exact) mass is 252 g/mol. The highest BCUT2D eigenvalue weighted by Gasteiger charge is 2.27. The molecule has 6 nitrogen and oxygen atoms in total. The van der Waals surface area contributed by atoms with Gasteiger partial charge in [0.2, 0.25) is 0 Å². The van der Waals surface area contributed by atoms with Crippen molar-refractivity contribution in [1.82, 2.24) is 14.5 Å². The average Bonchev–Trinajstić information content (AvgIpc) is 2.68. The molecule has 0 atom stereocenters. The van der Waals surface area contributed by atoms with Gasteiger partial charge in [0.05, 0.1) is 12.2 Å². The first-order valence-electron chi connectivity index (χ1n) is 6.12. The Balaban J connectivity index is 2.06. The lowest BCUT2D eigenvalue weighted by Crippen LogP contribution is -2.41. The first kappa shape index (κ1) is 12.9. The zero-order valence-electron chi connectivity index (χ0n) is 11.1. The van der Waals surface area contributed by atoms with E-state index >= 15 is 0 Å². The van der Waals surface area contributed by atoms with Gasteiger partial charge in [0.25, 0.3) is 0 Å². The van der Waals surface area contributed by atoms with Gasteiger partial charge < -0.3 is 15.0 Å². The molecule has 2 heterocycles. The predicted octanol–water partition coefficient (Wildman–Crippen LogP) is 1.09. The molecule has 0 saturated heterocycles. The molecule has 2 N–H and O–H groups in total. The highest BCUT2D eigenvalue weighted by molar-refractivity contribution is 5.68. The van der Waals surface area contributed by atoms with Crippen LogP contribution in [0.4, 0.5) is 4.79 Å². The molecule has 1 aliphatic heterocycles. The topological polar surface area (TPSA) is 73.4 Å². The van der Waals surface area contributed by atoms with E-state index in [9.17, 15) is 4.79 Å². The summed E-state index contributed by atoms with van der Waals surface area (Å²) in [6.45, 7) is 7.90. The normalized spacial score (nSPS) is 15.4. The largest absolute Gasteiger partial charge is 0.444 e. The van der Waals surface area contributed by atoms with Crippen LogP contribution in [0.15, 0.2) is 6.20 Å². The molecule has 0 radical (unpaired) electrons. The number of hydrogen-bond donors (Lipinski definition) is 1. The van der Waals surface area contributed by atoms with E-state index in [0.29, 0.717) is 19.6 Å². The van der Waals surface area contributed by atoms with Crippen LogP contribution in [0, 0.1) is 0 Å². The zero-order chi connectivity index (χ0) is 13.3. The number of fused-ring (bicyclic) bond motifs is 1. The van der Waals surface area contributed by atoms with Gasteiger partial charge in [-0.2, -0.15) is 0 Å². The maximum Gasteiger partial charge on any atom is 0.410 e. The summed E-state index contributed by atoms with van der Waals surface area (Å²) < 4.78 is 7.42. The van der Waals surface area contributed by atoms with Crippen LogP contribution < -0.4 is 5.73 Å². The average molecular weight is 252 g/mol. The van der Waals surface area contributed by atoms with Crippen LogP contribution >= 0.6 is 0 Å². The van der Waals surface area contributed by atoms with E-state index in [0.717, 1.165) is 18.1 Å². The van der Waals surface area contributed by atoms with E-state index in [1.165, 1.54) is 0 Å². The van der Waals surface area contributed by atoms with E-state index in [1.54, 1.807) is 11.1 Å². The quantitative estimate of drug-likeness (QED) is 0.812. The second-order valence-corrected chi connectivity index (χ2v) is 5.42. The molecule has 6 heteroatoms. The predicted molar refractivity (Wildman–Crippen MR) is 66.8 cm³/mol. The van der Waals surface area contributed by atoms with Gasteiger partial charge in [-0.1, -0.05) is 0 Å². The highest BCUT2D eigenvalue weighted by Crippen LogP contribution is 2.17. The summed E-state index contributed by atoms with van der Waals surface area (Å²) in [5.41, 5.74) is 6.17. The van der Waals surface area contributed by atoms with Crippen LogP contribution in [0.25, 0.3) is 0 Å². The van der Waals surface area contributed by atoms with Gasteiger partial charge in [-0.15, -0.1) is 0 Å². The first-order chi connectivity index (χ1) is 8.40. The Morgan fingerprint density at radius 2 is 2.22 bits per heavy atom. The molecule has 1 aromatic heterocycles. The van der Waals surface area contributed by atoms with Gasteiger partial charge in [0, 0.05) is 25.8 Å². The Morgan fingerprint density at radius 3 is 2.83 bits per heavy atom. The maximum absolute atomic E-state index is 11.9. The summed E-state index contributed by atoms with van der Waals surface area (Å²) in [4.78, 5) is 17.9. The molecule has 0 saturated carbocycles. The highest BCUT2D eigenvalue weighted by atomic mass is 16.6. The first-order valence-corrected chi connectivity index (χ1v) is 6.12. The van der Waals surface area contributed by atoms with Crippen LogP contribution in [0.5, 0.6) is 0 Å². The molecule has 0 bridgehead atoms. The Labute approximate surface area is 107 Å². The Morgan fingerprint density at radius 1 is 1.50 bits per heavy atom. The molecule has 100 valence electrons. The minimum absolute atomic E-state index is 0.286. The van der Waals surface area contributed by atoms with Crippen molar-refractivity contribution in [2.24, 2.45) is 5.73 Å². The molecule has 0 fully saturated rings. The van der Waals surface area contributed by atoms with E-state index in [-0.39, 0.29) is 6.09 Å². The molecule has 1 aromatic rings. The standard InChI is InChI=1S/C12H20N4O2/c1-12(2,3)18-11(17)15-4-5-16-9(6-13)7-14-10(16)8-15/h7H,4-6,8,13H2,1-3H3. The summed E-state index contributed by atoms with van der Waals surface area (Å²) in [6.07, 6.45) is 1.49. The van der Waals surface area contributed by atoms with Crippen LogP contribution in [-0.4, -0.2) is 32.7 Å². The lowest BCUT2D eigenvalue weighted by Gasteiger charge is -2.30. The number of nitrogens with two attached hydrogens (primary N) is 1. The lowest BCUT2D eigenvalue weighted by atomic mass is 10.2. The van der Waals surface area contributed by atoms with Crippen molar-refractivity contribution in [3.63, 3.8) is 0 Å². The van der Waals surface area contributed by atoms with Crippen molar-refractivity contribution in [2.75, 3.05) is 6.54 Å². The van der Waals surface area contributed by atoms with Gasteiger partial charge in [0.15, 0.2) is 0 Å². The molecule has 1 aliphatic rings. The Hall–Kier alpha value is -1.56. The van der Waals surface area contributed by atoms with Crippen molar-refractivity contribution >= 4 is 6.09 Å². The lowest BCUT2D eigenvalue weighted by molar-refractivity contribution is 0.0194. The smallest absolute Gasteiger partial charge is 0.410 e. The third kappa shape index (κ3) is 2.64. The summed E-state index contributed by atoms with van der Waals surface area (Å²) in [6, 6.07) is 0. The number of ether oxygens (including phenoxy) is 1. The van der Waals surface area contributed by atoms with E-state index in [2.05, 4.69) is 9.55 Å². The third-order valence-corrected chi connectivity index (χ3v) is 2.81. The summed E-state index contributed by atoms with van der Waals surface area (Å²) in [5.74, 6) is 0.868. The molecule has 0 unspecified atom stereocenters. The van der Waals surface area contributed by atoms with Crippen LogP contribution in [0.1, 0.15) is 32.3 Å². The van der Waals surface area contributed by atoms with Crippen molar-refractivity contribution in [1.29, 1.82) is 0 Å². The zero-order valence-corrected chi connectivity index (χ0v) is 11.1. The summed E-state index contributed by atoms with van der Waals surface area (Å²) in [5, 5.41) is 0. The number of carbonyl (C=O) groups excluding carboxylic acids is 1. The Bertz CT molecular complexity index is 447. The number of aromatic nitrogens is 2. The summed E-state index contributed by atoms with van der Waals surface area (Å²) in [7, 11) is 0. The molecule has 1 amide bonds. The fourth-order valence-electron chi connectivity index (χ4n) is 1.97. The van der Waals surface area contributed by atoms with Gasteiger partial charge in [0.1, 0.15) is 11.4 Å².